The van der Waals surface area contributed by atoms with Gasteiger partial charge in [-0.1, -0.05) is 6.07 Å². The monoisotopic (exact) mass is 217 g/mol. The Morgan fingerprint density at radius 3 is 3.00 bits per heavy atom. The minimum atomic E-state index is -0.968. The molecular formula is C11H11N3O2. The van der Waals surface area contributed by atoms with E-state index >= 15 is 0 Å². The number of aromatic carboxylic acids is 1. The molecule has 2 aromatic rings. The number of nitrogens with zero attached hydrogens (tertiary/aromatic N) is 3. The molecule has 0 bridgehead atoms. The van der Waals surface area contributed by atoms with Crippen LogP contribution in [-0.4, -0.2) is 25.8 Å². The normalized spacial score (nSPS) is 10.3. The largest absolute Gasteiger partial charge is 0.477 e. The standard InChI is InChI=1S/C11H11N3O2/c1-8-5-10(11(15)16)14(13-8)7-9-3-2-4-12-6-9/h2-6H,7H2,1H3,(H,15,16). The first-order valence-corrected chi connectivity index (χ1v) is 4.83. The maximum absolute atomic E-state index is 10.9. The molecule has 5 heteroatoms. The van der Waals surface area contributed by atoms with E-state index < -0.39 is 5.97 Å². The van der Waals surface area contributed by atoms with Crippen LogP contribution in [0.5, 0.6) is 0 Å². The number of aryl methyl sites for hydroxylation is 1. The van der Waals surface area contributed by atoms with Gasteiger partial charge in [0.2, 0.25) is 0 Å². The zero-order valence-corrected chi connectivity index (χ0v) is 8.79. The SMILES string of the molecule is Cc1cc(C(=O)O)n(Cc2cccnc2)n1. The van der Waals surface area contributed by atoms with Crippen molar-refractivity contribution in [2.45, 2.75) is 13.5 Å². The Kier molecular flexibility index (Phi) is 2.68. The van der Waals surface area contributed by atoms with Crippen LogP contribution in [-0.2, 0) is 6.54 Å². The van der Waals surface area contributed by atoms with E-state index in [0.29, 0.717) is 12.2 Å². The van der Waals surface area contributed by atoms with Gasteiger partial charge < -0.3 is 5.11 Å². The smallest absolute Gasteiger partial charge is 0.354 e. The van der Waals surface area contributed by atoms with Gasteiger partial charge in [-0.05, 0) is 24.6 Å². The number of carboxylic acid groups (broad SMARTS) is 1. The van der Waals surface area contributed by atoms with Crippen LogP contribution in [0, 0.1) is 6.92 Å². The van der Waals surface area contributed by atoms with E-state index in [2.05, 4.69) is 10.1 Å². The molecule has 2 heterocycles. The number of pyridine rings is 1. The summed E-state index contributed by atoms with van der Waals surface area (Å²) in [6.07, 6.45) is 3.37. The number of carbonyl (C=O) groups is 1. The fourth-order valence-electron chi connectivity index (χ4n) is 1.50. The molecule has 0 atom stereocenters. The minimum Gasteiger partial charge on any atom is -0.477 e. The fourth-order valence-corrected chi connectivity index (χ4v) is 1.50. The fraction of sp³-hybridized carbons (Fsp3) is 0.182. The van der Waals surface area contributed by atoms with Crippen molar-refractivity contribution in [3.8, 4) is 0 Å². The topological polar surface area (TPSA) is 68.0 Å². The lowest BCUT2D eigenvalue weighted by Gasteiger charge is -2.03. The van der Waals surface area contributed by atoms with Crippen molar-refractivity contribution in [2.75, 3.05) is 0 Å². The lowest BCUT2D eigenvalue weighted by Crippen LogP contribution is -2.10. The minimum absolute atomic E-state index is 0.196. The Labute approximate surface area is 92.4 Å². The van der Waals surface area contributed by atoms with Gasteiger partial charge in [0, 0.05) is 12.4 Å². The van der Waals surface area contributed by atoms with Crippen LogP contribution in [0.4, 0.5) is 0 Å². The van der Waals surface area contributed by atoms with E-state index in [1.807, 2.05) is 12.1 Å². The zero-order chi connectivity index (χ0) is 11.5. The third kappa shape index (κ3) is 2.08. The van der Waals surface area contributed by atoms with Crippen LogP contribution >= 0.6 is 0 Å². The molecule has 82 valence electrons. The Balaban J connectivity index is 2.31. The summed E-state index contributed by atoms with van der Waals surface area (Å²) in [4.78, 5) is 14.9. The lowest BCUT2D eigenvalue weighted by atomic mass is 10.3. The van der Waals surface area contributed by atoms with E-state index in [1.54, 1.807) is 25.4 Å². The molecule has 0 aliphatic rings. The predicted octanol–water partition coefficient (Wildman–Crippen LogP) is 1.33. The van der Waals surface area contributed by atoms with Gasteiger partial charge in [0.05, 0.1) is 12.2 Å². The summed E-state index contributed by atoms with van der Waals surface area (Å²) in [5, 5.41) is 13.1. The molecule has 16 heavy (non-hydrogen) atoms. The molecule has 0 aliphatic heterocycles. The summed E-state index contributed by atoms with van der Waals surface area (Å²) in [5.41, 5.74) is 1.82. The van der Waals surface area contributed by atoms with Crippen LogP contribution in [0.25, 0.3) is 0 Å². The molecular weight excluding hydrogens is 206 g/mol. The Hall–Kier alpha value is -2.17. The highest BCUT2D eigenvalue weighted by molar-refractivity contribution is 5.85. The summed E-state index contributed by atoms with van der Waals surface area (Å²) >= 11 is 0. The summed E-state index contributed by atoms with van der Waals surface area (Å²) in [6, 6.07) is 5.25. The Morgan fingerprint density at radius 2 is 2.38 bits per heavy atom. The molecule has 0 amide bonds. The highest BCUT2D eigenvalue weighted by Crippen LogP contribution is 2.07. The second kappa shape index (κ2) is 4.14. The molecule has 2 rings (SSSR count). The third-order valence-corrected chi connectivity index (χ3v) is 2.18. The van der Waals surface area contributed by atoms with E-state index in [4.69, 9.17) is 5.11 Å². The van der Waals surface area contributed by atoms with Crippen LogP contribution in [0.3, 0.4) is 0 Å². The molecule has 0 spiro atoms. The number of aromatic nitrogens is 3. The highest BCUT2D eigenvalue weighted by Gasteiger charge is 2.12. The number of hydrogen-bond acceptors (Lipinski definition) is 3. The van der Waals surface area contributed by atoms with Crippen molar-refractivity contribution in [3.63, 3.8) is 0 Å². The van der Waals surface area contributed by atoms with Gasteiger partial charge in [-0.15, -0.1) is 0 Å². The molecule has 0 aliphatic carbocycles. The molecule has 0 saturated heterocycles. The van der Waals surface area contributed by atoms with Crippen molar-refractivity contribution in [1.82, 2.24) is 14.8 Å². The second-order valence-corrected chi connectivity index (χ2v) is 3.50. The number of hydrogen-bond donors (Lipinski definition) is 1. The molecule has 0 saturated carbocycles. The maximum atomic E-state index is 10.9. The molecule has 2 aromatic heterocycles. The van der Waals surface area contributed by atoms with E-state index in [9.17, 15) is 4.79 Å². The van der Waals surface area contributed by atoms with Gasteiger partial charge in [0.1, 0.15) is 5.69 Å². The lowest BCUT2D eigenvalue weighted by molar-refractivity contribution is 0.0684. The van der Waals surface area contributed by atoms with Crippen LogP contribution in [0.15, 0.2) is 30.6 Å². The summed E-state index contributed by atoms with van der Waals surface area (Å²) in [5.74, 6) is -0.968. The Morgan fingerprint density at radius 1 is 1.56 bits per heavy atom. The van der Waals surface area contributed by atoms with Gasteiger partial charge in [0.25, 0.3) is 0 Å². The van der Waals surface area contributed by atoms with Crippen molar-refractivity contribution < 1.29 is 9.90 Å². The van der Waals surface area contributed by atoms with Gasteiger partial charge in [-0.3, -0.25) is 9.67 Å². The van der Waals surface area contributed by atoms with Crippen molar-refractivity contribution in [2.24, 2.45) is 0 Å². The third-order valence-electron chi connectivity index (χ3n) is 2.18. The van der Waals surface area contributed by atoms with Crippen molar-refractivity contribution >= 4 is 5.97 Å². The van der Waals surface area contributed by atoms with Crippen LogP contribution in [0.1, 0.15) is 21.7 Å². The van der Waals surface area contributed by atoms with Gasteiger partial charge >= 0.3 is 5.97 Å². The summed E-state index contributed by atoms with van der Waals surface area (Å²) in [7, 11) is 0. The molecule has 5 nitrogen and oxygen atoms in total. The van der Waals surface area contributed by atoms with Crippen molar-refractivity contribution in [3.05, 3.63) is 47.5 Å². The first-order chi connectivity index (χ1) is 7.66. The average molecular weight is 217 g/mol. The summed E-state index contributed by atoms with van der Waals surface area (Å²) < 4.78 is 1.47. The maximum Gasteiger partial charge on any atom is 0.354 e. The predicted molar refractivity (Wildman–Crippen MR) is 57.3 cm³/mol. The van der Waals surface area contributed by atoms with Gasteiger partial charge in [0.15, 0.2) is 0 Å². The van der Waals surface area contributed by atoms with Crippen LogP contribution < -0.4 is 0 Å². The van der Waals surface area contributed by atoms with Gasteiger partial charge in [-0.25, -0.2) is 4.79 Å². The number of carboxylic acids is 1. The van der Waals surface area contributed by atoms with Crippen molar-refractivity contribution in [1.29, 1.82) is 0 Å². The van der Waals surface area contributed by atoms with E-state index in [-0.39, 0.29) is 5.69 Å². The second-order valence-electron chi connectivity index (χ2n) is 3.50. The Bertz CT molecular complexity index is 505. The molecule has 1 N–H and O–H groups in total. The van der Waals surface area contributed by atoms with E-state index in [1.165, 1.54) is 4.68 Å². The van der Waals surface area contributed by atoms with Crippen LogP contribution in [0.2, 0.25) is 0 Å². The highest BCUT2D eigenvalue weighted by atomic mass is 16.4. The molecule has 0 unspecified atom stereocenters. The first-order valence-electron chi connectivity index (χ1n) is 4.83. The summed E-state index contributed by atoms with van der Waals surface area (Å²) in [6.45, 7) is 2.19. The average Bonchev–Trinajstić information content (AvgIpc) is 2.61. The molecule has 0 fully saturated rings. The molecule has 0 radical (unpaired) electrons. The molecule has 0 aromatic carbocycles. The van der Waals surface area contributed by atoms with Gasteiger partial charge in [-0.2, -0.15) is 5.10 Å². The number of rotatable bonds is 3. The zero-order valence-electron chi connectivity index (χ0n) is 8.79. The quantitative estimate of drug-likeness (QED) is 0.842. The van der Waals surface area contributed by atoms with E-state index in [0.717, 1.165) is 5.56 Å². The first kappa shape index (κ1) is 10.4.